The predicted molar refractivity (Wildman–Crippen MR) is 99.8 cm³/mol. The van der Waals surface area contributed by atoms with Crippen molar-refractivity contribution in [3.8, 4) is 0 Å². The third kappa shape index (κ3) is 3.30. The lowest BCUT2D eigenvalue weighted by molar-refractivity contribution is -0.148. The van der Waals surface area contributed by atoms with E-state index < -0.39 is 12.1 Å². The topological polar surface area (TPSA) is 98.8 Å². The van der Waals surface area contributed by atoms with Crippen LogP contribution in [-0.4, -0.2) is 82.7 Å². The van der Waals surface area contributed by atoms with Crippen molar-refractivity contribution in [1.82, 2.24) is 20.4 Å². The summed E-state index contributed by atoms with van der Waals surface area (Å²) in [4.78, 5) is 53.9. The number of nitrogens with one attached hydrogen (secondary N) is 2. The molecule has 3 aliphatic heterocycles. The van der Waals surface area contributed by atoms with Gasteiger partial charge >= 0.3 is 0 Å². The van der Waals surface area contributed by atoms with Crippen LogP contribution in [0.1, 0.15) is 32.1 Å². The Hall–Kier alpha value is -1.77. The number of thioether (sulfide) groups is 1. The van der Waals surface area contributed by atoms with Gasteiger partial charge in [0.2, 0.25) is 23.6 Å². The Kier molecular flexibility index (Phi) is 5.05. The second-order valence-electron chi connectivity index (χ2n) is 7.95. The van der Waals surface area contributed by atoms with E-state index in [2.05, 4.69) is 10.6 Å². The fourth-order valence-electron chi connectivity index (χ4n) is 4.67. The minimum Gasteiger partial charge on any atom is -0.351 e. The Bertz CT molecular complexity index is 668. The predicted octanol–water partition coefficient (Wildman–Crippen LogP) is -0.665. The third-order valence-electron chi connectivity index (χ3n) is 6.24. The molecule has 4 rings (SSSR count). The third-order valence-corrected chi connectivity index (χ3v) is 6.79. The summed E-state index contributed by atoms with van der Waals surface area (Å²) in [7, 11) is 0. The van der Waals surface area contributed by atoms with Gasteiger partial charge in [0.15, 0.2) is 0 Å². The first-order valence-electron chi connectivity index (χ1n) is 9.69. The molecule has 2 N–H and O–H groups in total. The largest absolute Gasteiger partial charge is 0.351 e. The lowest BCUT2D eigenvalue weighted by Gasteiger charge is -2.34. The van der Waals surface area contributed by atoms with Gasteiger partial charge in [0.1, 0.15) is 12.1 Å². The zero-order chi connectivity index (χ0) is 19.1. The van der Waals surface area contributed by atoms with Crippen LogP contribution in [0, 0.1) is 5.92 Å². The van der Waals surface area contributed by atoms with E-state index in [1.54, 1.807) is 9.80 Å². The van der Waals surface area contributed by atoms with Crippen molar-refractivity contribution < 1.29 is 19.2 Å². The number of amides is 4. The molecule has 8 nitrogen and oxygen atoms in total. The fraction of sp³-hybridized carbons (Fsp3) is 0.778. The van der Waals surface area contributed by atoms with E-state index in [1.807, 2.05) is 6.26 Å². The molecule has 4 fully saturated rings. The van der Waals surface area contributed by atoms with Crippen LogP contribution in [0.5, 0.6) is 0 Å². The highest BCUT2D eigenvalue weighted by Gasteiger charge is 2.53. The average Bonchev–Trinajstić information content (AvgIpc) is 3.15. The van der Waals surface area contributed by atoms with Crippen LogP contribution in [0.3, 0.4) is 0 Å². The summed E-state index contributed by atoms with van der Waals surface area (Å²) in [6.45, 7) is 0.842. The molecular weight excluding hydrogens is 368 g/mol. The molecule has 0 bridgehead atoms. The molecule has 4 atom stereocenters. The number of hydrogen-bond acceptors (Lipinski definition) is 5. The summed E-state index contributed by atoms with van der Waals surface area (Å²) >= 11 is 1.43. The number of carbonyl (C=O) groups is 4. The molecule has 9 heteroatoms. The summed E-state index contributed by atoms with van der Waals surface area (Å²) in [5.41, 5.74) is 0. The van der Waals surface area contributed by atoms with Crippen molar-refractivity contribution >= 4 is 35.4 Å². The first-order valence-corrected chi connectivity index (χ1v) is 11.1. The molecule has 3 heterocycles. The molecule has 1 aliphatic carbocycles. The molecule has 1 saturated carbocycles. The minimum atomic E-state index is -0.604. The number of nitrogens with zero attached hydrogens (tertiary/aromatic N) is 2. The van der Waals surface area contributed by atoms with E-state index in [-0.39, 0.29) is 41.6 Å². The highest BCUT2D eigenvalue weighted by atomic mass is 32.2. The maximum absolute atomic E-state index is 13.3. The van der Waals surface area contributed by atoms with Gasteiger partial charge in [-0.15, -0.1) is 0 Å². The Morgan fingerprint density at radius 1 is 1.26 bits per heavy atom. The Morgan fingerprint density at radius 3 is 2.70 bits per heavy atom. The highest BCUT2D eigenvalue weighted by Crippen LogP contribution is 2.34. The molecule has 0 aromatic carbocycles. The van der Waals surface area contributed by atoms with Crippen LogP contribution in [0.2, 0.25) is 0 Å². The summed E-state index contributed by atoms with van der Waals surface area (Å²) in [6, 6.07) is -1.70. The van der Waals surface area contributed by atoms with Crippen LogP contribution in [-0.2, 0) is 19.2 Å². The molecule has 3 saturated heterocycles. The van der Waals surface area contributed by atoms with Gasteiger partial charge in [-0.2, -0.15) is 11.8 Å². The Labute approximate surface area is 162 Å². The first kappa shape index (κ1) is 18.6. The van der Waals surface area contributed by atoms with E-state index >= 15 is 0 Å². The molecule has 0 spiro atoms. The summed E-state index contributed by atoms with van der Waals surface area (Å²) in [6.07, 6.45) is 5.75. The second kappa shape index (κ2) is 7.33. The van der Waals surface area contributed by atoms with Crippen LogP contribution < -0.4 is 10.6 Å². The molecule has 0 radical (unpaired) electrons. The van der Waals surface area contributed by atoms with Crippen LogP contribution in [0.15, 0.2) is 0 Å². The lowest BCUT2D eigenvalue weighted by atomic mass is 9.84. The Balaban J connectivity index is 1.50. The minimum absolute atomic E-state index is 0.0310. The maximum Gasteiger partial charge on any atom is 0.248 e. The quantitative estimate of drug-likeness (QED) is 0.659. The van der Waals surface area contributed by atoms with Gasteiger partial charge in [-0.05, 0) is 31.9 Å². The molecular formula is C18H26N4O4S. The molecule has 27 heavy (non-hydrogen) atoms. The average molecular weight is 394 g/mol. The molecule has 4 amide bonds. The monoisotopic (exact) mass is 394 g/mol. The van der Waals surface area contributed by atoms with Gasteiger partial charge in [0.05, 0.1) is 11.8 Å². The summed E-state index contributed by atoms with van der Waals surface area (Å²) in [5.74, 6) is 0.0294. The van der Waals surface area contributed by atoms with E-state index in [9.17, 15) is 19.2 Å². The van der Waals surface area contributed by atoms with Gasteiger partial charge in [-0.25, -0.2) is 0 Å². The van der Waals surface area contributed by atoms with E-state index in [4.69, 9.17) is 0 Å². The summed E-state index contributed by atoms with van der Waals surface area (Å²) < 4.78 is 0. The van der Waals surface area contributed by atoms with Crippen LogP contribution in [0.25, 0.3) is 0 Å². The van der Waals surface area contributed by atoms with E-state index in [0.29, 0.717) is 31.7 Å². The van der Waals surface area contributed by atoms with Crippen molar-refractivity contribution in [3.63, 3.8) is 0 Å². The number of rotatable bonds is 4. The van der Waals surface area contributed by atoms with Gasteiger partial charge in [-0.1, -0.05) is 6.42 Å². The standard InChI is InChI=1S/C18H26N4O4S/c1-27-9-14(23)19-11-7-13-16(24)20-12-5-6-21(17(25)10-3-2-4-10)15(12)18(26)22(13)8-11/h10-13,15H,2-9H2,1H3,(H,19,23)(H,20,24). The van der Waals surface area contributed by atoms with Crippen molar-refractivity contribution in [1.29, 1.82) is 0 Å². The maximum atomic E-state index is 13.3. The van der Waals surface area contributed by atoms with Crippen LogP contribution >= 0.6 is 11.8 Å². The molecule has 4 unspecified atom stereocenters. The number of fused-ring (bicyclic) bond motifs is 2. The second-order valence-corrected chi connectivity index (χ2v) is 8.81. The fourth-order valence-corrected chi connectivity index (χ4v) is 5.01. The molecule has 4 aliphatic rings. The van der Waals surface area contributed by atoms with Crippen molar-refractivity contribution in [3.05, 3.63) is 0 Å². The van der Waals surface area contributed by atoms with E-state index in [0.717, 1.165) is 19.3 Å². The zero-order valence-electron chi connectivity index (χ0n) is 15.5. The highest BCUT2D eigenvalue weighted by molar-refractivity contribution is 7.99. The number of carbonyl (C=O) groups excluding carboxylic acids is 4. The Morgan fingerprint density at radius 2 is 2.04 bits per heavy atom. The van der Waals surface area contributed by atoms with Gasteiger partial charge in [0, 0.05) is 25.0 Å². The summed E-state index contributed by atoms with van der Waals surface area (Å²) in [5, 5.41) is 5.90. The first-order chi connectivity index (χ1) is 13.0. The molecule has 148 valence electrons. The van der Waals surface area contributed by atoms with Crippen molar-refractivity contribution in [2.45, 2.75) is 56.3 Å². The van der Waals surface area contributed by atoms with Gasteiger partial charge in [0.25, 0.3) is 0 Å². The SMILES string of the molecule is CSCC(=O)NC1CC2C(=O)NC3CCN(C(=O)C4CCC4)C3C(=O)N2C1. The smallest absolute Gasteiger partial charge is 0.248 e. The van der Waals surface area contributed by atoms with Gasteiger partial charge < -0.3 is 20.4 Å². The normalized spacial score (nSPS) is 33.1. The van der Waals surface area contributed by atoms with Crippen molar-refractivity contribution in [2.24, 2.45) is 5.92 Å². The van der Waals surface area contributed by atoms with E-state index in [1.165, 1.54) is 11.8 Å². The van der Waals surface area contributed by atoms with Crippen LogP contribution in [0.4, 0.5) is 0 Å². The van der Waals surface area contributed by atoms with Crippen molar-refractivity contribution in [2.75, 3.05) is 25.1 Å². The zero-order valence-corrected chi connectivity index (χ0v) is 16.3. The van der Waals surface area contributed by atoms with Gasteiger partial charge in [-0.3, -0.25) is 19.2 Å². The lowest BCUT2D eigenvalue weighted by Crippen LogP contribution is -2.54. The number of hydrogen-bond donors (Lipinski definition) is 2. The molecule has 0 aromatic heterocycles. The molecule has 0 aromatic rings. The number of likely N-dealkylation sites (tertiary alicyclic amines) is 1.